The van der Waals surface area contributed by atoms with Gasteiger partial charge in [0.1, 0.15) is 0 Å². The first kappa shape index (κ1) is 20.4. The van der Waals surface area contributed by atoms with Gasteiger partial charge in [-0.05, 0) is 24.3 Å². The lowest BCUT2D eigenvalue weighted by Crippen LogP contribution is -2.39. The van der Waals surface area contributed by atoms with E-state index in [-0.39, 0.29) is 11.2 Å². The minimum Gasteiger partial charge on any atom is -0.338 e. The summed E-state index contributed by atoms with van der Waals surface area (Å²) in [6.45, 7) is 0.331. The molecule has 3 aromatic heterocycles. The molecule has 0 saturated carbocycles. The van der Waals surface area contributed by atoms with Crippen molar-refractivity contribution in [3.8, 4) is 11.4 Å². The Labute approximate surface area is 180 Å². The summed E-state index contributed by atoms with van der Waals surface area (Å²) in [6.07, 6.45) is 2.19. The molecule has 0 aliphatic carbocycles. The Hall–Kier alpha value is -2.85. The molecule has 30 heavy (non-hydrogen) atoms. The van der Waals surface area contributed by atoms with Gasteiger partial charge in [0.15, 0.2) is 11.2 Å². The van der Waals surface area contributed by atoms with Gasteiger partial charge in [-0.1, -0.05) is 28.9 Å². The van der Waals surface area contributed by atoms with Gasteiger partial charge in [-0.25, -0.2) is 9.78 Å². The van der Waals surface area contributed by atoms with Crippen molar-refractivity contribution in [2.75, 3.05) is 5.75 Å². The zero-order valence-corrected chi connectivity index (χ0v) is 18.0. The smallest absolute Gasteiger partial charge is 0.332 e. The first-order chi connectivity index (χ1) is 14.5. The Morgan fingerprint density at radius 1 is 1.23 bits per heavy atom. The molecular weight excluding hydrogens is 428 g/mol. The molecule has 0 amide bonds. The second kappa shape index (κ2) is 8.49. The van der Waals surface area contributed by atoms with Crippen LogP contribution in [0.4, 0.5) is 0 Å². The van der Waals surface area contributed by atoms with Crippen LogP contribution in [0.25, 0.3) is 22.6 Å². The first-order valence-electron chi connectivity index (χ1n) is 9.23. The van der Waals surface area contributed by atoms with Crippen molar-refractivity contribution in [1.29, 1.82) is 0 Å². The third kappa shape index (κ3) is 3.92. The first-order valence-corrected chi connectivity index (χ1v) is 10.8. The minimum absolute atomic E-state index is 0.318. The molecule has 3 heterocycles. The lowest BCUT2D eigenvalue weighted by Gasteiger charge is -2.08. The second-order valence-electron chi connectivity index (χ2n) is 6.75. The van der Waals surface area contributed by atoms with Gasteiger partial charge in [-0.2, -0.15) is 16.7 Å². The van der Waals surface area contributed by atoms with E-state index in [1.165, 1.54) is 15.5 Å². The number of benzene rings is 1. The summed E-state index contributed by atoms with van der Waals surface area (Å²) in [7, 11) is 3.36. The Bertz CT molecular complexity index is 1320. The molecule has 156 valence electrons. The van der Waals surface area contributed by atoms with Crippen molar-refractivity contribution < 1.29 is 4.52 Å². The number of thioether (sulfide) groups is 1. The molecule has 0 radical (unpaired) electrons. The van der Waals surface area contributed by atoms with Crippen LogP contribution in [0.2, 0.25) is 5.02 Å². The van der Waals surface area contributed by atoms with Crippen LogP contribution >= 0.6 is 23.4 Å². The lowest BCUT2D eigenvalue weighted by molar-refractivity contribution is 0.391. The van der Waals surface area contributed by atoms with E-state index in [4.69, 9.17) is 16.1 Å². The number of imidazole rings is 1. The zero-order valence-electron chi connectivity index (χ0n) is 16.4. The molecule has 0 N–H and O–H groups in total. The minimum atomic E-state index is -0.362. The van der Waals surface area contributed by atoms with Gasteiger partial charge in [0.05, 0.1) is 12.1 Å². The Balaban J connectivity index is 1.36. The number of hydrogen-bond donors (Lipinski definition) is 0. The van der Waals surface area contributed by atoms with Crippen LogP contribution in [0.15, 0.2) is 44.7 Å². The number of halogens is 1. The molecule has 0 fully saturated rings. The van der Waals surface area contributed by atoms with Crippen molar-refractivity contribution in [3.05, 3.63) is 62.3 Å². The molecule has 4 rings (SSSR count). The van der Waals surface area contributed by atoms with Gasteiger partial charge >= 0.3 is 5.69 Å². The van der Waals surface area contributed by atoms with Gasteiger partial charge in [0.25, 0.3) is 5.56 Å². The topological polar surface area (TPSA) is 101 Å². The largest absolute Gasteiger partial charge is 0.338 e. The summed E-state index contributed by atoms with van der Waals surface area (Å²) < 4.78 is 9.58. The van der Waals surface area contributed by atoms with Crippen LogP contribution in [-0.4, -0.2) is 34.6 Å². The molecule has 0 aliphatic rings. The van der Waals surface area contributed by atoms with Crippen LogP contribution in [0.1, 0.15) is 12.3 Å². The van der Waals surface area contributed by atoms with Crippen LogP contribution in [0.5, 0.6) is 0 Å². The molecule has 0 saturated heterocycles. The lowest BCUT2D eigenvalue weighted by atomic mass is 10.2. The molecule has 0 atom stereocenters. The highest BCUT2D eigenvalue weighted by atomic mass is 35.5. The highest BCUT2D eigenvalue weighted by Crippen LogP contribution is 2.21. The van der Waals surface area contributed by atoms with E-state index in [2.05, 4.69) is 15.1 Å². The molecule has 9 nitrogen and oxygen atoms in total. The Morgan fingerprint density at radius 2 is 2.07 bits per heavy atom. The average Bonchev–Trinajstić information content (AvgIpc) is 3.35. The van der Waals surface area contributed by atoms with Crippen LogP contribution < -0.4 is 11.2 Å². The average molecular weight is 447 g/mol. The SMILES string of the molecule is Cn1cnc2c1c(=O)n(CCCSCc1nc(-c3cccc(Cl)c3)no1)c(=O)n2C. The Morgan fingerprint density at radius 3 is 2.87 bits per heavy atom. The molecule has 1 aromatic carbocycles. The third-order valence-electron chi connectivity index (χ3n) is 4.65. The van der Waals surface area contributed by atoms with Crippen LogP contribution in [-0.2, 0) is 26.4 Å². The molecule has 0 aliphatic heterocycles. The molecule has 0 unspecified atom stereocenters. The normalized spacial score (nSPS) is 11.4. The fraction of sp³-hybridized carbons (Fsp3) is 0.316. The summed E-state index contributed by atoms with van der Waals surface area (Å²) in [5.74, 6) is 2.28. The van der Waals surface area contributed by atoms with E-state index in [9.17, 15) is 9.59 Å². The monoisotopic (exact) mass is 446 g/mol. The van der Waals surface area contributed by atoms with E-state index in [0.717, 1.165) is 11.3 Å². The van der Waals surface area contributed by atoms with E-state index >= 15 is 0 Å². The number of hydrogen-bond acceptors (Lipinski definition) is 7. The number of rotatable bonds is 7. The van der Waals surface area contributed by atoms with Crippen LogP contribution in [0.3, 0.4) is 0 Å². The van der Waals surface area contributed by atoms with Crippen molar-refractivity contribution in [2.45, 2.75) is 18.7 Å². The van der Waals surface area contributed by atoms with Gasteiger partial charge < -0.3 is 9.09 Å². The summed E-state index contributed by atoms with van der Waals surface area (Å²) in [5, 5.41) is 4.59. The number of aryl methyl sites for hydroxylation is 2. The highest BCUT2D eigenvalue weighted by molar-refractivity contribution is 7.98. The molecule has 0 spiro atoms. The van der Waals surface area contributed by atoms with Gasteiger partial charge in [-0.3, -0.25) is 13.9 Å². The summed E-state index contributed by atoms with van der Waals surface area (Å²) in [4.78, 5) is 33.7. The Kier molecular flexibility index (Phi) is 5.78. The van der Waals surface area contributed by atoms with Crippen molar-refractivity contribution >= 4 is 34.5 Å². The number of fused-ring (bicyclic) bond motifs is 1. The predicted molar refractivity (Wildman–Crippen MR) is 116 cm³/mol. The third-order valence-corrected chi connectivity index (χ3v) is 5.91. The maximum Gasteiger partial charge on any atom is 0.332 e. The van der Waals surface area contributed by atoms with Gasteiger partial charge in [0.2, 0.25) is 11.7 Å². The van der Waals surface area contributed by atoms with Crippen LogP contribution in [0, 0.1) is 0 Å². The van der Waals surface area contributed by atoms with E-state index in [1.54, 1.807) is 42.6 Å². The summed E-state index contributed by atoms with van der Waals surface area (Å²) in [6, 6.07) is 7.26. The van der Waals surface area contributed by atoms with E-state index in [0.29, 0.717) is 46.6 Å². The number of nitrogens with zero attached hydrogens (tertiary/aromatic N) is 6. The maximum atomic E-state index is 12.7. The van der Waals surface area contributed by atoms with Crippen molar-refractivity contribution in [2.24, 2.45) is 14.1 Å². The van der Waals surface area contributed by atoms with Crippen molar-refractivity contribution in [3.63, 3.8) is 0 Å². The fourth-order valence-corrected chi connectivity index (χ4v) is 4.10. The number of aromatic nitrogens is 6. The van der Waals surface area contributed by atoms with Gasteiger partial charge in [0, 0.05) is 31.2 Å². The fourth-order valence-electron chi connectivity index (χ4n) is 3.14. The van der Waals surface area contributed by atoms with E-state index < -0.39 is 0 Å². The van der Waals surface area contributed by atoms with Gasteiger partial charge in [-0.15, -0.1) is 0 Å². The second-order valence-corrected chi connectivity index (χ2v) is 8.30. The van der Waals surface area contributed by atoms with E-state index in [1.807, 2.05) is 12.1 Å². The summed E-state index contributed by atoms with van der Waals surface area (Å²) >= 11 is 7.59. The highest BCUT2D eigenvalue weighted by Gasteiger charge is 2.14. The predicted octanol–water partition coefficient (Wildman–Crippen LogP) is 2.46. The molecule has 0 bridgehead atoms. The van der Waals surface area contributed by atoms with Crippen molar-refractivity contribution in [1.82, 2.24) is 28.8 Å². The maximum absolute atomic E-state index is 12.7. The molecular formula is C19H19ClN6O3S. The standard InChI is InChI=1S/C19H19ClN6O3S/c1-24-11-21-17-15(24)18(27)26(19(28)25(17)2)7-4-8-30-10-14-22-16(23-29-14)12-5-3-6-13(20)9-12/h3,5-6,9,11H,4,7-8,10H2,1-2H3. The zero-order chi connectivity index (χ0) is 21.3. The summed E-state index contributed by atoms with van der Waals surface area (Å²) in [5.41, 5.74) is 0.929. The molecule has 4 aromatic rings. The molecule has 11 heteroatoms. The quantitative estimate of drug-likeness (QED) is 0.402.